The van der Waals surface area contributed by atoms with Crippen molar-refractivity contribution in [2.45, 2.75) is 32.4 Å². The predicted molar refractivity (Wildman–Crippen MR) is 91.0 cm³/mol. The standard InChI is InChI=1S/C17H17N5O3/c1-11-5-6-12(8-13(11)22(23)24)15-16-17(19-9-18-15)21(10-20-16)14-4-2-3-7-25-14/h5-6,8-10,14H,2-4,7H2,1H3. The van der Waals surface area contributed by atoms with E-state index < -0.39 is 0 Å². The first-order chi connectivity index (χ1) is 12.1. The number of nitrogens with zero attached hydrogens (tertiary/aromatic N) is 5. The molecular weight excluding hydrogens is 322 g/mol. The number of aryl methyl sites for hydroxylation is 1. The van der Waals surface area contributed by atoms with E-state index in [1.165, 1.54) is 12.4 Å². The van der Waals surface area contributed by atoms with Crippen molar-refractivity contribution in [1.82, 2.24) is 19.5 Å². The molecule has 3 aromatic rings. The summed E-state index contributed by atoms with van der Waals surface area (Å²) in [5.41, 5.74) is 3.22. The Bertz CT molecular complexity index is 947. The van der Waals surface area contributed by atoms with Gasteiger partial charge in [-0.3, -0.25) is 14.7 Å². The minimum absolute atomic E-state index is 0.0688. The van der Waals surface area contributed by atoms with Gasteiger partial charge in [0.25, 0.3) is 5.69 Å². The van der Waals surface area contributed by atoms with Crippen molar-refractivity contribution < 1.29 is 9.66 Å². The normalized spacial score (nSPS) is 17.7. The maximum atomic E-state index is 11.2. The molecule has 0 bridgehead atoms. The van der Waals surface area contributed by atoms with Gasteiger partial charge in [0.15, 0.2) is 5.65 Å². The van der Waals surface area contributed by atoms with E-state index in [0.29, 0.717) is 28.0 Å². The molecule has 1 atom stereocenters. The van der Waals surface area contributed by atoms with Crippen molar-refractivity contribution in [3.63, 3.8) is 0 Å². The van der Waals surface area contributed by atoms with E-state index in [1.54, 1.807) is 19.3 Å². The van der Waals surface area contributed by atoms with Crippen LogP contribution in [0.15, 0.2) is 30.9 Å². The van der Waals surface area contributed by atoms with Gasteiger partial charge in [0, 0.05) is 23.8 Å². The zero-order valence-electron chi connectivity index (χ0n) is 13.8. The van der Waals surface area contributed by atoms with E-state index in [-0.39, 0.29) is 16.8 Å². The van der Waals surface area contributed by atoms with Crippen molar-refractivity contribution in [2.75, 3.05) is 6.61 Å². The van der Waals surface area contributed by atoms with Gasteiger partial charge in [-0.2, -0.15) is 0 Å². The van der Waals surface area contributed by atoms with E-state index in [4.69, 9.17) is 4.74 Å². The third-order valence-corrected chi connectivity index (χ3v) is 4.50. The van der Waals surface area contributed by atoms with Gasteiger partial charge in [0.05, 0.1) is 11.3 Å². The summed E-state index contributed by atoms with van der Waals surface area (Å²) in [6, 6.07) is 5.08. The minimum Gasteiger partial charge on any atom is -0.358 e. The Kier molecular flexibility index (Phi) is 3.89. The molecule has 0 spiro atoms. The second kappa shape index (κ2) is 6.21. The van der Waals surface area contributed by atoms with Crippen LogP contribution in [0.5, 0.6) is 0 Å². The number of hydrogen-bond donors (Lipinski definition) is 0. The van der Waals surface area contributed by atoms with Crippen LogP contribution in [0.25, 0.3) is 22.4 Å². The molecule has 1 fully saturated rings. The number of nitro benzene ring substituents is 1. The first-order valence-electron chi connectivity index (χ1n) is 8.19. The van der Waals surface area contributed by atoms with Crippen molar-refractivity contribution in [3.05, 3.63) is 46.5 Å². The van der Waals surface area contributed by atoms with Gasteiger partial charge < -0.3 is 4.74 Å². The highest BCUT2D eigenvalue weighted by Gasteiger charge is 2.21. The van der Waals surface area contributed by atoms with E-state index in [9.17, 15) is 10.1 Å². The average molecular weight is 339 g/mol. The average Bonchev–Trinajstić information content (AvgIpc) is 3.07. The largest absolute Gasteiger partial charge is 0.358 e. The van der Waals surface area contributed by atoms with Gasteiger partial charge in [-0.25, -0.2) is 15.0 Å². The van der Waals surface area contributed by atoms with Gasteiger partial charge in [0.2, 0.25) is 0 Å². The number of benzene rings is 1. The van der Waals surface area contributed by atoms with Gasteiger partial charge in [0.1, 0.15) is 23.8 Å². The number of hydrogen-bond acceptors (Lipinski definition) is 6. The lowest BCUT2D eigenvalue weighted by Crippen LogP contribution is -2.17. The number of ether oxygens (including phenoxy) is 1. The van der Waals surface area contributed by atoms with E-state index in [1.807, 2.05) is 10.6 Å². The van der Waals surface area contributed by atoms with E-state index in [0.717, 1.165) is 25.9 Å². The molecule has 0 radical (unpaired) electrons. The molecule has 25 heavy (non-hydrogen) atoms. The van der Waals surface area contributed by atoms with E-state index >= 15 is 0 Å². The van der Waals surface area contributed by atoms with Crippen LogP contribution in [0.1, 0.15) is 31.1 Å². The summed E-state index contributed by atoms with van der Waals surface area (Å²) in [6.45, 7) is 2.44. The topological polar surface area (TPSA) is 96.0 Å². The summed E-state index contributed by atoms with van der Waals surface area (Å²) in [7, 11) is 0. The molecule has 8 nitrogen and oxygen atoms in total. The van der Waals surface area contributed by atoms with Gasteiger partial charge in [-0.15, -0.1) is 0 Å². The Balaban J connectivity index is 1.82. The van der Waals surface area contributed by atoms with Crippen LogP contribution >= 0.6 is 0 Å². The molecule has 1 aliphatic rings. The fourth-order valence-corrected chi connectivity index (χ4v) is 3.17. The number of aromatic nitrogens is 4. The molecule has 3 heterocycles. The molecular formula is C17H17N5O3. The summed E-state index contributed by atoms with van der Waals surface area (Å²) in [4.78, 5) is 24.0. The lowest BCUT2D eigenvalue weighted by atomic mass is 10.1. The van der Waals surface area contributed by atoms with Gasteiger partial charge in [-0.1, -0.05) is 12.1 Å². The van der Waals surface area contributed by atoms with Crippen molar-refractivity contribution in [3.8, 4) is 11.3 Å². The Morgan fingerprint density at radius 1 is 1.28 bits per heavy atom. The SMILES string of the molecule is Cc1ccc(-c2ncnc3c2ncn3C2CCCCO2)cc1[N+](=O)[O-]. The van der Waals surface area contributed by atoms with Crippen LogP contribution < -0.4 is 0 Å². The smallest absolute Gasteiger partial charge is 0.272 e. The predicted octanol–water partition coefficient (Wildman–Crippen LogP) is 3.41. The van der Waals surface area contributed by atoms with Crippen LogP contribution in [0.2, 0.25) is 0 Å². The van der Waals surface area contributed by atoms with Crippen LogP contribution in [-0.2, 0) is 4.74 Å². The highest BCUT2D eigenvalue weighted by atomic mass is 16.6. The molecule has 128 valence electrons. The molecule has 0 amide bonds. The monoisotopic (exact) mass is 339 g/mol. The second-order valence-corrected chi connectivity index (χ2v) is 6.13. The number of rotatable bonds is 3. The quantitative estimate of drug-likeness (QED) is 0.536. The molecule has 2 aromatic heterocycles. The number of fused-ring (bicyclic) bond motifs is 1. The molecule has 1 aromatic carbocycles. The molecule has 8 heteroatoms. The summed E-state index contributed by atoms with van der Waals surface area (Å²) in [5, 5.41) is 11.2. The maximum absolute atomic E-state index is 11.2. The van der Waals surface area contributed by atoms with Crippen molar-refractivity contribution in [1.29, 1.82) is 0 Å². The fourth-order valence-electron chi connectivity index (χ4n) is 3.17. The summed E-state index contributed by atoms with van der Waals surface area (Å²) in [5.74, 6) is 0. The van der Waals surface area contributed by atoms with Crippen LogP contribution in [0.4, 0.5) is 5.69 Å². The molecule has 1 unspecified atom stereocenters. The van der Waals surface area contributed by atoms with E-state index in [2.05, 4.69) is 15.0 Å². The Labute approximate surface area is 143 Å². The van der Waals surface area contributed by atoms with Crippen LogP contribution in [0, 0.1) is 17.0 Å². The molecule has 0 saturated carbocycles. The third-order valence-electron chi connectivity index (χ3n) is 4.50. The fraction of sp³-hybridized carbons (Fsp3) is 0.353. The lowest BCUT2D eigenvalue weighted by molar-refractivity contribution is -0.385. The summed E-state index contributed by atoms with van der Waals surface area (Å²) >= 11 is 0. The molecule has 1 saturated heterocycles. The van der Waals surface area contributed by atoms with Gasteiger partial charge >= 0.3 is 0 Å². The van der Waals surface area contributed by atoms with Crippen LogP contribution in [-0.4, -0.2) is 31.0 Å². The lowest BCUT2D eigenvalue weighted by Gasteiger charge is -2.23. The Hall–Kier alpha value is -2.87. The number of imidazole rings is 1. The highest BCUT2D eigenvalue weighted by molar-refractivity contribution is 5.87. The maximum Gasteiger partial charge on any atom is 0.272 e. The molecule has 0 N–H and O–H groups in total. The zero-order valence-corrected chi connectivity index (χ0v) is 13.8. The third kappa shape index (κ3) is 2.74. The van der Waals surface area contributed by atoms with Crippen LogP contribution in [0.3, 0.4) is 0 Å². The van der Waals surface area contributed by atoms with Crippen molar-refractivity contribution in [2.24, 2.45) is 0 Å². The Morgan fingerprint density at radius 3 is 2.92 bits per heavy atom. The van der Waals surface area contributed by atoms with Gasteiger partial charge in [-0.05, 0) is 26.2 Å². The number of nitro groups is 1. The summed E-state index contributed by atoms with van der Waals surface area (Å²) in [6.07, 6.45) is 6.18. The second-order valence-electron chi connectivity index (χ2n) is 6.13. The zero-order chi connectivity index (χ0) is 17.4. The highest BCUT2D eigenvalue weighted by Crippen LogP contribution is 2.31. The van der Waals surface area contributed by atoms with Crippen molar-refractivity contribution >= 4 is 16.9 Å². The minimum atomic E-state index is -0.383. The molecule has 4 rings (SSSR count). The molecule has 0 aliphatic carbocycles. The summed E-state index contributed by atoms with van der Waals surface area (Å²) < 4.78 is 7.73. The Morgan fingerprint density at radius 2 is 2.16 bits per heavy atom. The molecule has 1 aliphatic heterocycles. The first-order valence-corrected chi connectivity index (χ1v) is 8.19. The first kappa shape index (κ1) is 15.6.